The zero-order chi connectivity index (χ0) is 14.9. The van der Waals surface area contributed by atoms with Gasteiger partial charge in [0.2, 0.25) is 0 Å². The number of piperazine rings is 1. The van der Waals surface area contributed by atoms with E-state index < -0.39 is 0 Å². The molecule has 22 heavy (non-hydrogen) atoms. The molecular weight excluding hydrogens is 274 g/mol. The first-order valence-electron chi connectivity index (χ1n) is 9.05. The highest BCUT2D eigenvalue weighted by Gasteiger charge is 2.33. The van der Waals surface area contributed by atoms with Crippen molar-refractivity contribution in [3.63, 3.8) is 0 Å². The standard InChI is InChI=1S/C17H29N5/c1-2-19-7-9-21(10-8-19)16-13-20(14-16)12-15-11-18-17-5-3-4-6-22(15)17/h11,16H,2-10,12-14H2,1H3. The van der Waals surface area contributed by atoms with Crippen LogP contribution in [0.4, 0.5) is 0 Å². The first-order chi connectivity index (χ1) is 10.8. The van der Waals surface area contributed by atoms with Gasteiger partial charge in [0.15, 0.2) is 0 Å². The summed E-state index contributed by atoms with van der Waals surface area (Å²) < 4.78 is 2.47. The van der Waals surface area contributed by atoms with Crippen LogP contribution in [0, 0.1) is 0 Å². The monoisotopic (exact) mass is 303 g/mol. The number of fused-ring (bicyclic) bond motifs is 1. The highest BCUT2D eigenvalue weighted by Crippen LogP contribution is 2.22. The maximum atomic E-state index is 4.62. The molecule has 0 atom stereocenters. The van der Waals surface area contributed by atoms with Crippen LogP contribution in [0.15, 0.2) is 6.20 Å². The second kappa shape index (κ2) is 6.30. The van der Waals surface area contributed by atoms with E-state index in [4.69, 9.17) is 0 Å². The van der Waals surface area contributed by atoms with E-state index in [0.717, 1.165) is 12.6 Å². The molecule has 0 saturated carbocycles. The van der Waals surface area contributed by atoms with E-state index in [9.17, 15) is 0 Å². The van der Waals surface area contributed by atoms with Crippen molar-refractivity contribution in [2.24, 2.45) is 0 Å². The molecule has 4 heterocycles. The van der Waals surface area contributed by atoms with E-state index >= 15 is 0 Å². The predicted octanol–water partition coefficient (Wildman–Crippen LogP) is 1.04. The molecule has 5 nitrogen and oxygen atoms in total. The molecule has 0 spiro atoms. The molecule has 0 radical (unpaired) electrons. The summed E-state index contributed by atoms with van der Waals surface area (Å²) in [6, 6.07) is 0.794. The summed E-state index contributed by atoms with van der Waals surface area (Å²) in [6.07, 6.45) is 5.92. The van der Waals surface area contributed by atoms with Gasteiger partial charge in [0.1, 0.15) is 5.82 Å². The summed E-state index contributed by atoms with van der Waals surface area (Å²) in [5, 5.41) is 0. The van der Waals surface area contributed by atoms with Gasteiger partial charge >= 0.3 is 0 Å². The largest absolute Gasteiger partial charge is 0.331 e. The molecule has 1 aromatic heterocycles. The van der Waals surface area contributed by atoms with Gasteiger partial charge in [-0.1, -0.05) is 6.92 Å². The summed E-state index contributed by atoms with van der Waals surface area (Å²) in [7, 11) is 0. The van der Waals surface area contributed by atoms with Crippen molar-refractivity contribution < 1.29 is 0 Å². The molecule has 4 rings (SSSR count). The maximum absolute atomic E-state index is 4.62. The fraction of sp³-hybridized carbons (Fsp3) is 0.824. The number of likely N-dealkylation sites (tertiary alicyclic amines) is 1. The molecule has 2 saturated heterocycles. The average molecular weight is 303 g/mol. The third kappa shape index (κ3) is 2.82. The molecule has 122 valence electrons. The zero-order valence-corrected chi connectivity index (χ0v) is 13.9. The number of rotatable bonds is 4. The number of hydrogen-bond acceptors (Lipinski definition) is 4. The van der Waals surface area contributed by atoms with Crippen LogP contribution in [0.2, 0.25) is 0 Å². The SMILES string of the molecule is CCN1CCN(C2CN(Cc3cnc4n3CCCC4)C2)CC1. The van der Waals surface area contributed by atoms with Crippen LogP contribution in [0.5, 0.6) is 0 Å². The van der Waals surface area contributed by atoms with Gasteiger partial charge in [-0.05, 0) is 19.4 Å². The summed E-state index contributed by atoms with van der Waals surface area (Å²) >= 11 is 0. The second-order valence-electron chi connectivity index (χ2n) is 7.09. The van der Waals surface area contributed by atoms with Crippen LogP contribution in [-0.4, -0.2) is 76.1 Å². The zero-order valence-electron chi connectivity index (χ0n) is 13.9. The highest BCUT2D eigenvalue weighted by atomic mass is 15.4. The van der Waals surface area contributed by atoms with Crippen molar-refractivity contribution in [2.75, 3.05) is 45.8 Å². The Kier molecular flexibility index (Phi) is 4.20. The quantitative estimate of drug-likeness (QED) is 0.831. The van der Waals surface area contributed by atoms with Crippen LogP contribution >= 0.6 is 0 Å². The van der Waals surface area contributed by atoms with E-state index in [0.29, 0.717) is 0 Å². The molecule has 0 aromatic carbocycles. The van der Waals surface area contributed by atoms with E-state index in [1.165, 1.54) is 83.1 Å². The number of nitrogens with zero attached hydrogens (tertiary/aromatic N) is 5. The maximum Gasteiger partial charge on any atom is 0.108 e. The van der Waals surface area contributed by atoms with Gasteiger partial charge < -0.3 is 9.47 Å². The molecule has 0 aliphatic carbocycles. The molecule has 3 aliphatic rings. The van der Waals surface area contributed by atoms with Gasteiger partial charge in [-0.25, -0.2) is 4.98 Å². The van der Waals surface area contributed by atoms with Crippen molar-refractivity contribution in [1.82, 2.24) is 24.3 Å². The van der Waals surface area contributed by atoms with Crippen LogP contribution in [0.1, 0.15) is 31.3 Å². The summed E-state index contributed by atoms with van der Waals surface area (Å²) in [5.41, 5.74) is 1.43. The van der Waals surface area contributed by atoms with Gasteiger partial charge in [0, 0.05) is 71.0 Å². The molecule has 2 fully saturated rings. The third-order valence-corrected chi connectivity index (χ3v) is 5.75. The van der Waals surface area contributed by atoms with Crippen molar-refractivity contribution in [3.8, 4) is 0 Å². The average Bonchev–Trinajstić information content (AvgIpc) is 2.94. The first-order valence-corrected chi connectivity index (χ1v) is 9.05. The van der Waals surface area contributed by atoms with Crippen molar-refractivity contribution in [3.05, 3.63) is 17.7 Å². The normalized spacial score (nSPS) is 25.1. The number of aromatic nitrogens is 2. The fourth-order valence-corrected chi connectivity index (χ4v) is 4.18. The minimum Gasteiger partial charge on any atom is -0.331 e. The van der Waals surface area contributed by atoms with Gasteiger partial charge in [-0.3, -0.25) is 9.80 Å². The Morgan fingerprint density at radius 2 is 1.86 bits per heavy atom. The third-order valence-electron chi connectivity index (χ3n) is 5.75. The fourth-order valence-electron chi connectivity index (χ4n) is 4.18. The lowest BCUT2D eigenvalue weighted by Gasteiger charge is -2.48. The molecule has 3 aliphatic heterocycles. The Balaban J connectivity index is 1.27. The lowest BCUT2D eigenvalue weighted by Crippen LogP contribution is -2.62. The number of imidazole rings is 1. The number of hydrogen-bond donors (Lipinski definition) is 0. The lowest BCUT2D eigenvalue weighted by molar-refractivity contribution is 0.00105. The first kappa shape index (κ1) is 14.7. The molecule has 0 bridgehead atoms. The summed E-state index contributed by atoms with van der Waals surface area (Å²) in [5.74, 6) is 1.31. The Bertz CT molecular complexity index is 497. The highest BCUT2D eigenvalue weighted by molar-refractivity contribution is 5.09. The Labute approximate surface area is 133 Å². The van der Waals surface area contributed by atoms with Gasteiger partial charge in [-0.15, -0.1) is 0 Å². The molecule has 5 heteroatoms. The van der Waals surface area contributed by atoms with E-state index in [1.54, 1.807) is 0 Å². The topological polar surface area (TPSA) is 27.5 Å². The van der Waals surface area contributed by atoms with Crippen molar-refractivity contribution in [2.45, 2.75) is 45.3 Å². The lowest BCUT2D eigenvalue weighted by atomic mass is 10.1. The Morgan fingerprint density at radius 1 is 1.05 bits per heavy atom. The van der Waals surface area contributed by atoms with E-state index in [2.05, 4.69) is 37.4 Å². The van der Waals surface area contributed by atoms with Crippen molar-refractivity contribution in [1.29, 1.82) is 0 Å². The molecule has 0 unspecified atom stereocenters. The Hall–Kier alpha value is -0.910. The molecular formula is C17H29N5. The van der Waals surface area contributed by atoms with Crippen LogP contribution in [0.25, 0.3) is 0 Å². The Morgan fingerprint density at radius 3 is 2.64 bits per heavy atom. The van der Waals surface area contributed by atoms with Crippen molar-refractivity contribution >= 4 is 0 Å². The molecule has 0 N–H and O–H groups in total. The van der Waals surface area contributed by atoms with Gasteiger partial charge in [0.25, 0.3) is 0 Å². The smallest absolute Gasteiger partial charge is 0.108 e. The number of likely N-dealkylation sites (N-methyl/N-ethyl adjacent to an activating group) is 1. The molecule has 0 amide bonds. The van der Waals surface area contributed by atoms with Gasteiger partial charge in [-0.2, -0.15) is 0 Å². The van der Waals surface area contributed by atoms with E-state index in [1.807, 2.05) is 0 Å². The van der Waals surface area contributed by atoms with E-state index in [-0.39, 0.29) is 0 Å². The van der Waals surface area contributed by atoms with Crippen LogP contribution < -0.4 is 0 Å². The van der Waals surface area contributed by atoms with Crippen LogP contribution in [-0.2, 0) is 19.5 Å². The predicted molar refractivity (Wildman–Crippen MR) is 87.9 cm³/mol. The number of aryl methyl sites for hydroxylation is 1. The summed E-state index contributed by atoms with van der Waals surface area (Å²) in [6.45, 7) is 13.3. The minimum absolute atomic E-state index is 0.794. The second-order valence-corrected chi connectivity index (χ2v) is 7.09. The summed E-state index contributed by atoms with van der Waals surface area (Å²) in [4.78, 5) is 12.5. The molecule has 1 aromatic rings. The minimum atomic E-state index is 0.794. The van der Waals surface area contributed by atoms with Crippen LogP contribution in [0.3, 0.4) is 0 Å². The van der Waals surface area contributed by atoms with Gasteiger partial charge in [0.05, 0.1) is 5.69 Å².